The maximum Gasteiger partial charge on any atom is 0.235 e. The van der Waals surface area contributed by atoms with Gasteiger partial charge in [0.25, 0.3) is 0 Å². The van der Waals surface area contributed by atoms with Crippen LogP contribution in [-0.2, 0) is 0 Å². The highest BCUT2D eigenvalue weighted by Crippen LogP contribution is 2.44. The molecule has 0 bridgehead atoms. The lowest BCUT2D eigenvalue weighted by Gasteiger charge is -2.14. The van der Waals surface area contributed by atoms with Crippen LogP contribution >= 0.6 is 0 Å². The number of benzene rings is 16. The third-order valence-electron chi connectivity index (χ3n) is 22.8. The monoisotopic (exact) mass is 1480 g/mol. The second kappa shape index (κ2) is 27.4. The van der Waals surface area contributed by atoms with Crippen LogP contribution in [0.4, 0.5) is 5.69 Å². The number of hydrogen-bond acceptors (Lipinski definition) is 6. The van der Waals surface area contributed by atoms with Crippen LogP contribution in [0.25, 0.3) is 215 Å². The van der Waals surface area contributed by atoms with Crippen LogP contribution in [0.2, 0.25) is 0 Å². The average Bonchev–Trinajstić information content (AvgIpc) is 0.813. The van der Waals surface area contributed by atoms with E-state index in [4.69, 9.17) is 26.5 Å². The molecule has 11 heteroatoms. The molecule has 7 aromatic heterocycles. The molecule has 538 valence electrons. The van der Waals surface area contributed by atoms with Gasteiger partial charge >= 0.3 is 0 Å². The van der Waals surface area contributed by atoms with Crippen molar-refractivity contribution in [3.05, 3.63) is 399 Å². The Bertz CT molecular complexity index is 8000. The molecule has 7 heterocycles. The van der Waals surface area contributed by atoms with Gasteiger partial charge in [0.1, 0.15) is 0 Å². The second-order valence-electron chi connectivity index (χ2n) is 29.3. The highest BCUT2D eigenvalue weighted by atomic mass is 15.2. The summed E-state index contributed by atoms with van der Waals surface area (Å²) in [5.74, 6) is 1.16. The van der Waals surface area contributed by atoms with E-state index in [-0.39, 0.29) is 0 Å². The highest BCUT2D eigenvalue weighted by molar-refractivity contribution is 6.26. The molecule has 0 N–H and O–H groups in total. The summed E-state index contributed by atoms with van der Waals surface area (Å²) in [7, 11) is 0. The molecule has 23 rings (SSSR count). The van der Waals surface area contributed by atoms with Crippen LogP contribution in [-0.4, -0.2) is 43.2 Å². The van der Waals surface area contributed by atoms with Crippen molar-refractivity contribution in [2.24, 2.45) is 0 Å². The van der Waals surface area contributed by atoms with E-state index >= 15 is 0 Å². The van der Waals surface area contributed by atoms with Crippen LogP contribution in [0.15, 0.2) is 382 Å². The Kier molecular flexibility index (Phi) is 15.7. The minimum atomic E-state index is 0.571. The fourth-order valence-corrected chi connectivity index (χ4v) is 17.4. The van der Waals surface area contributed by atoms with Crippen molar-refractivity contribution in [2.75, 3.05) is 0 Å². The molecule has 0 saturated heterocycles. The topological polar surface area (TPSA) is 112 Å². The third kappa shape index (κ3) is 11.1. The summed E-state index contributed by atoms with van der Waals surface area (Å²) < 4.78 is 9.07. The molecule has 0 aliphatic carbocycles. The molecule has 0 aliphatic rings. The molecule has 0 amide bonds. The largest absolute Gasteiger partial charge is 0.309 e. The van der Waals surface area contributed by atoms with Gasteiger partial charge in [-0.15, -0.1) is 0 Å². The Hall–Kier alpha value is -16.2. The lowest BCUT2D eigenvalue weighted by Crippen LogP contribution is -2.04. The molecule has 23 aromatic rings. The number of pyridine rings is 1. The van der Waals surface area contributed by atoms with Gasteiger partial charge < -0.3 is 9.13 Å². The fraction of sp³-hybridized carbons (Fsp3) is 0. The van der Waals surface area contributed by atoms with E-state index in [0.29, 0.717) is 23.1 Å². The lowest BCUT2D eigenvalue weighted by atomic mass is 9.94. The van der Waals surface area contributed by atoms with Gasteiger partial charge in [-0.1, -0.05) is 249 Å². The van der Waals surface area contributed by atoms with Gasteiger partial charge in [0.05, 0.1) is 85.1 Å². The first-order valence-corrected chi connectivity index (χ1v) is 38.7. The van der Waals surface area contributed by atoms with Crippen molar-refractivity contribution >= 4 is 125 Å². The van der Waals surface area contributed by atoms with Gasteiger partial charge in [0.2, 0.25) is 11.9 Å². The first-order chi connectivity index (χ1) is 57.4. The molecular weight excluding hydrogens is 1420 g/mol. The number of fused-ring (bicyclic) bond motifs is 18. The van der Waals surface area contributed by atoms with Crippen LogP contribution < -0.4 is 0 Å². The molecule has 16 aromatic carbocycles. The van der Waals surface area contributed by atoms with Crippen LogP contribution in [0.3, 0.4) is 0 Å². The van der Waals surface area contributed by atoms with Crippen molar-refractivity contribution in [3.8, 4) is 96.6 Å². The zero-order chi connectivity index (χ0) is 76.9. The van der Waals surface area contributed by atoms with E-state index in [2.05, 4.69) is 301 Å². The smallest absolute Gasteiger partial charge is 0.235 e. The number of para-hydroxylation sites is 4. The molecule has 11 nitrogen and oxygen atoms in total. The Morgan fingerprint density at radius 2 is 0.595 bits per heavy atom. The van der Waals surface area contributed by atoms with Crippen LogP contribution in [0, 0.1) is 17.9 Å². The molecule has 0 atom stereocenters. The summed E-state index contributed by atoms with van der Waals surface area (Å²) in [6, 6.07) is 132. The summed E-state index contributed by atoms with van der Waals surface area (Å²) in [6.07, 6.45) is 3.83. The summed E-state index contributed by atoms with van der Waals surface area (Å²) in [5.41, 5.74) is 23.7. The van der Waals surface area contributed by atoms with Crippen LogP contribution in [0.5, 0.6) is 0 Å². The predicted octanol–water partition coefficient (Wildman–Crippen LogP) is 26.6. The van der Waals surface area contributed by atoms with Gasteiger partial charge in [-0.05, 0) is 181 Å². The zero-order valence-corrected chi connectivity index (χ0v) is 62.3. The van der Waals surface area contributed by atoms with Gasteiger partial charge in [-0.3, -0.25) is 14.1 Å². The van der Waals surface area contributed by atoms with Gasteiger partial charge in [0, 0.05) is 83.5 Å². The van der Waals surface area contributed by atoms with Gasteiger partial charge in [0.15, 0.2) is 5.69 Å². The number of hydrogen-bond donors (Lipinski definition) is 0. The van der Waals surface area contributed by atoms with E-state index in [1.54, 1.807) is 0 Å². The summed E-state index contributed by atoms with van der Waals surface area (Å²) in [6.45, 7) is 7.41. The summed E-state index contributed by atoms with van der Waals surface area (Å²) in [5, 5.41) is 26.5. The van der Waals surface area contributed by atoms with Crippen molar-refractivity contribution in [3.63, 3.8) is 0 Å². The first kappa shape index (κ1) is 66.7. The number of aromatic nitrogens is 9. The normalized spacial score (nSPS) is 11.6. The van der Waals surface area contributed by atoms with E-state index in [0.717, 1.165) is 144 Å². The molecule has 0 radical (unpaired) electrons. The minimum absolute atomic E-state index is 0.571. The molecule has 0 saturated carbocycles. The van der Waals surface area contributed by atoms with Crippen LogP contribution in [0.1, 0.15) is 5.56 Å². The summed E-state index contributed by atoms with van der Waals surface area (Å²) >= 11 is 0. The predicted molar refractivity (Wildman–Crippen MR) is 475 cm³/mol. The van der Waals surface area contributed by atoms with Crippen molar-refractivity contribution in [1.29, 1.82) is 5.26 Å². The third-order valence-corrected chi connectivity index (χ3v) is 22.8. The van der Waals surface area contributed by atoms with Gasteiger partial charge in [-0.25, -0.2) is 24.8 Å². The van der Waals surface area contributed by atoms with Crippen molar-refractivity contribution < 1.29 is 0 Å². The Balaban J connectivity index is 0.000000144. The van der Waals surface area contributed by atoms with E-state index in [1.165, 1.54) is 54.1 Å². The fourth-order valence-electron chi connectivity index (χ4n) is 17.4. The first-order valence-electron chi connectivity index (χ1n) is 38.7. The standard InChI is InChI=1S/C59H35N5.C46H28N6/c60-36-37-13-12-16-41(31-37)54-35-53(38-14-2-1-3-15-38)61-59(62-54)64-56-24-11-9-22-49(56)52-33-40(26-30-58(52)64)39-25-29-57-51(32-39)48-21-8-10-23-55(48)63(57)42-27-28-47-45-19-5-4-17-43(45)44-18-6-7-20-46(44)50(47)34-42;1-47-34-20-16-31(17-21-34)41-28-40(30-10-4-2-5-11-30)49-46(50-41)52-42-15-9-8-14-36(42)37-26-32(19-23-44(37)52)33-18-22-43-38(27-33)39-29-48-25-24-45(39)51(43)35-12-6-3-7-13-35/h1-35H;2-29H. The number of nitrogens with zero attached hydrogens (tertiary/aromatic N) is 11. The van der Waals surface area contributed by atoms with Crippen molar-refractivity contribution in [1.82, 2.24) is 43.2 Å². The quantitative estimate of drug-likeness (QED) is 0.0996. The Morgan fingerprint density at radius 1 is 0.241 bits per heavy atom. The molecular formula is C105H63N11. The number of nitriles is 1. The maximum atomic E-state index is 9.73. The highest BCUT2D eigenvalue weighted by Gasteiger charge is 2.24. The SMILES string of the molecule is N#Cc1cccc(-c2cc(-c3ccccc3)nc(-n3c4ccccc4c4cc(-c5ccc6c(c5)c5ccccc5n6-c5ccc6c7ccccc7c7ccccc7c6c5)ccc43)n2)c1.[C-]#[N+]c1ccc(-c2cc(-c3ccccc3)nc(-n3c4ccccc4c4cc(-c5ccc6c(c5)c5cnccc5n6-c5ccccc5)ccc43)n2)cc1. The molecule has 0 spiro atoms. The minimum Gasteiger partial charge on any atom is -0.309 e. The second-order valence-corrected chi connectivity index (χ2v) is 29.3. The zero-order valence-electron chi connectivity index (χ0n) is 62.3. The van der Waals surface area contributed by atoms with E-state index < -0.39 is 0 Å². The van der Waals surface area contributed by atoms with Gasteiger partial charge in [-0.2, -0.15) is 5.26 Å². The Morgan fingerprint density at radius 3 is 1.07 bits per heavy atom. The maximum absolute atomic E-state index is 9.73. The summed E-state index contributed by atoms with van der Waals surface area (Å²) in [4.78, 5) is 28.8. The number of rotatable bonds is 10. The Labute approximate surface area is 665 Å². The van der Waals surface area contributed by atoms with E-state index in [9.17, 15) is 5.26 Å². The molecule has 116 heavy (non-hydrogen) atoms. The lowest BCUT2D eigenvalue weighted by molar-refractivity contribution is 0.995. The average molecular weight is 1480 g/mol. The van der Waals surface area contributed by atoms with Crippen molar-refractivity contribution in [2.45, 2.75) is 0 Å². The molecule has 0 unspecified atom stereocenters. The molecule has 0 aliphatic heterocycles. The van der Waals surface area contributed by atoms with E-state index in [1.807, 2.05) is 116 Å². The molecule has 0 fully saturated rings.